The number of nitrogens with two attached hydrogens (primary N) is 1. The van der Waals surface area contributed by atoms with E-state index in [9.17, 15) is 4.79 Å². The van der Waals surface area contributed by atoms with Crippen molar-refractivity contribution in [3.63, 3.8) is 0 Å². The average molecular weight is 414 g/mol. The number of hydrogen-bond acceptors (Lipinski definition) is 3. The van der Waals surface area contributed by atoms with Crippen molar-refractivity contribution < 1.29 is 9.53 Å². The van der Waals surface area contributed by atoms with Crippen molar-refractivity contribution in [1.82, 2.24) is 0 Å². The van der Waals surface area contributed by atoms with Crippen LogP contribution in [-0.4, -0.2) is 13.0 Å². The van der Waals surface area contributed by atoms with Gasteiger partial charge in [-0.1, -0.05) is 6.07 Å². The SMILES string of the molecule is COc1c(Br)cc(CNc2cccc(C(N)=O)c2)cc1Br. The Labute approximate surface area is 139 Å². The quantitative estimate of drug-likeness (QED) is 0.780. The summed E-state index contributed by atoms with van der Waals surface area (Å²) in [6.45, 7) is 0.614. The summed E-state index contributed by atoms with van der Waals surface area (Å²) in [4.78, 5) is 11.2. The molecule has 0 fully saturated rings. The molecule has 0 unspecified atom stereocenters. The van der Waals surface area contributed by atoms with Crippen LogP contribution in [0.1, 0.15) is 15.9 Å². The van der Waals surface area contributed by atoms with E-state index in [0.29, 0.717) is 12.1 Å². The van der Waals surface area contributed by atoms with E-state index in [1.807, 2.05) is 18.2 Å². The Balaban J connectivity index is 2.13. The molecule has 0 atom stereocenters. The molecule has 2 rings (SSSR count). The number of carbonyl (C=O) groups is 1. The Morgan fingerprint density at radius 2 is 1.90 bits per heavy atom. The van der Waals surface area contributed by atoms with Crippen LogP contribution >= 0.6 is 31.9 Å². The van der Waals surface area contributed by atoms with Crippen LogP contribution in [0.4, 0.5) is 5.69 Å². The molecule has 3 N–H and O–H groups in total. The number of halogens is 2. The molecule has 110 valence electrons. The van der Waals surface area contributed by atoms with Crippen molar-refractivity contribution in [3.8, 4) is 5.75 Å². The number of nitrogens with one attached hydrogen (secondary N) is 1. The first-order chi connectivity index (χ1) is 10.0. The molecule has 0 spiro atoms. The van der Waals surface area contributed by atoms with E-state index in [1.165, 1.54) is 0 Å². The van der Waals surface area contributed by atoms with Crippen LogP contribution in [0.2, 0.25) is 0 Å². The van der Waals surface area contributed by atoms with Crippen molar-refractivity contribution in [3.05, 3.63) is 56.5 Å². The smallest absolute Gasteiger partial charge is 0.248 e. The Morgan fingerprint density at radius 1 is 1.24 bits per heavy atom. The highest BCUT2D eigenvalue weighted by Gasteiger charge is 2.08. The molecular weight excluding hydrogens is 400 g/mol. The van der Waals surface area contributed by atoms with Gasteiger partial charge in [-0.05, 0) is 67.8 Å². The maximum atomic E-state index is 11.2. The van der Waals surface area contributed by atoms with Crippen molar-refractivity contribution in [2.24, 2.45) is 5.73 Å². The molecule has 0 heterocycles. The lowest BCUT2D eigenvalue weighted by Crippen LogP contribution is -2.11. The molecule has 0 saturated carbocycles. The van der Waals surface area contributed by atoms with Gasteiger partial charge in [0.1, 0.15) is 5.75 Å². The summed E-state index contributed by atoms with van der Waals surface area (Å²) in [5.41, 5.74) is 7.66. The molecule has 4 nitrogen and oxygen atoms in total. The molecule has 0 aromatic heterocycles. The summed E-state index contributed by atoms with van der Waals surface area (Å²) < 4.78 is 7.02. The Hall–Kier alpha value is -1.53. The fraction of sp³-hybridized carbons (Fsp3) is 0.133. The lowest BCUT2D eigenvalue weighted by atomic mass is 10.1. The largest absolute Gasteiger partial charge is 0.494 e. The Morgan fingerprint density at radius 3 is 2.48 bits per heavy atom. The van der Waals surface area contributed by atoms with Crippen LogP contribution in [0, 0.1) is 0 Å². The first-order valence-electron chi connectivity index (χ1n) is 6.17. The molecule has 0 aliphatic rings. The van der Waals surface area contributed by atoms with Gasteiger partial charge < -0.3 is 15.8 Å². The van der Waals surface area contributed by atoms with Gasteiger partial charge in [0.15, 0.2) is 0 Å². The van der Waals surface area contributed by atoms with Gasteiger partial charge in [0.2, 0.25) is 5.91 Å². The second kappa shape index (κ2) is 6.95. The van der Waals surface area contributed by atoms with Crippen molar-refractivity contribution in [2.45, 2.75) is 6.54 Å². The number of carbonyl (C=O) groups excluding carboxylic acids is 1. The lowest BCUT2D eigenvalue weighted by molar-refractivity contribution is 0.100. The van der Waals surface area contributed by atoms with Gasteiger partial charge in [-0.3, -0.25) is 4.79 Å². The van der Waals surface area contributed by atoms with Gasteiger partial charge in [0.25, 0.3) is 0 Å². The summed E-state index contributed by atoms with van der Waals surface area (Å²) in [7, 11) is 1.62. The molecule has 0 radical (unpaired) electrons. The van der Waals surface area contributed by atoms with E-state index in [4.69, 9.17) is 10.5 Å². The van der Waals surface area contributed by atoms with E-state index >= 15 is 0 Å². The van der Waals surface area contributed by atoms with E-state index in [0.717, 1.165) is 25.9 Å². The summed E-state index contributed by atoms with van der Waals surface area (Å²) >= 11 is 6.94. The van der Waals surface area contributed by atoms with E-state index in [-0.39, 0.29) is 0 Å². The normalized spacial score (nSPS) is 10.2. The number of ether oxygens (including phenoxy) is 1. The maximum absolute atomic E-state index is 11.2. The second-order valence-corrected chi connectivity index (χ2v) is 6.10. The van der Waals surface area contributed by atoms with Gasteiger partial charge in [-0.2, -0.15) is 0 Å². The third-order valence-electron chi connectivity index (χ3n) is 2.91. The topological polar surface area (TPSA) is 64.3 Å². The number of hydrogen-bond donors (Lipinski definition) is 2. The molecular formula is C15H14Br2N2O2. The van der Waals surface area contributed by atoms with Crippen molar-refractivity contribution in [2.75, 3.05) is 12.4 Å². The third kappa shape index (κ3) is 3.98. The predicted octanol–water partition coefficient (Wildman–Crippen LogP) is 3.93. The fourth-order valence-corrected chi connectivity index (χ4v) is 3.50. The molecule has 0 aliphatic heterocycles. The van der Waals surface area contributed by atoms with Crippen molar-refractivity contribution >= 4 is 43.5 Å². The zero-order valence-corrected chi connectivity index (χ0v) is 14.5. The number of amides is 1. The first-order valence-corrected chi connectivity index (χ1v) is 7.75. The number of primary amides is 1. The molecule has 2 aromatic carbocycles. The highest BCUT2D eigenvalue weighted by molar-refractivity contribution is 9.11. The second-order valence-electron chi connectivity index (χ2n) is 4.39. The molecule has 0 bridgehead atoms. The zero-order chi connectivity index (χ0) is 15.4. The minimum absolute atomic E-state index is 0.436. The number of methoxy groups -OCH3 is 1. The van der Waals surface area contributed by atoms with E-state index < -0.39 is 5.91 Å². The van der Waals surface area contributed by atoms with Crippen LogP contribution in [-0.2, 0) is 6.54 Å². The van der Waals surface area contributed by atoms with Crippen LogP contribution in [0.3, 0.4) is 0 Å². The average Bonchev–Trinajstić information content (AvgIpc) is 2.45. The number of rotatable bonds is 5. The van der Waals surface area contributed by atoms with E-state index in [2.05, 4.69) is 37.2 Å². The van der Waals surface area contributed by atoms with Gasteiger partial charge >= 0.3 is 0 Å². The van der Waals surface area contributed by atoms with Crippen LogP contribution in [0.5, 0.6) is 5.75 Å². The molecule has 6 heteroatoms. The minimum atomic E-state index is -0.436. The lowest BCUT2D eigenvalue weighted by Gasteiger charge is -2.11. The highest BCUT2D eigenvalue weighted by atomic mass is 79.9. The Bertz CT molecular complexity index is 651. The van der Waals surface area contributed by atoms with Crippen LogP contribution in [0.25, 0.3) is 0 Å². The molecule has 21 heavy (non-hydrogen) atoms. The monoisotopic (exact) mass is 412 g/mol. The van der Waals surface area contributed by atoms with E-state index in [1.54, 1.807) is 25.3 Å². The molecule has 2 aromatic rings. The maximum Gasteiger partial charge on any atom is 0.248 e. The highest BCUT2D eigenvalue weighted by Crippen LogP contribution is 2.34. The molecule has 0 saturated heterocycles. The van der Waals surface area contributed by atoms with Crippen molar-refractivity contribution in [1.29, 1.82) is 0 Å². The van der Waals surface area contributed by atoms with Gasteiger partial charge in [-0.15, -0.1) is 0 Å². The summed E-state index contributed by atoms with van der Waals surface area (Å²) in [6, 6.07) is 11.1. The number of benzene rings is 2. The zero-order valence-electron chi connectivity index (χ0n) is 11.3. The third-order valence-corrected chi connectivity index (χ3v) is 4.08. The predicted molar refractivity (Wildman–Crippen MR) is 90.7 cm³/mol. The summed E-state index contributed by atoms with van der Waals surface area (Å²) in [5.74, 6) is 0.322. The fourth-order valence-electron chi connectivity index (χ4n) is 1.90. The van der Waals surface area contributed by atoms with Gasteiger partial charge in [0, 0.05) is 17.8 Å². The molecule has 1 amide bonds. The summed E-state index contributed by atoms with van der Waals surface area (Å²) in [6.07, 6.45) is 0. The van der Waals surface area contributed by atoms with Gasteiger partial charge in [0.05, 0.1) is 16.1 Å². The van der Waals surface area contributed by atoms with Crippen LogP contribution < -0.4 is 15.8 Å². The Kier molecular flexibility index (Phi) is 5.25. The standard InChI is InChI=1S/C15H14Br2N2O2/c1-21-14-12(16)5-9(6-13(14)17)8-19-11-4-2-3-10(7-11)15(18)20/h2-7,19H,8H2,1H3,(H2,18,20). The van der Waals surface area contributed by atoms with Gasteiger partial charge in [-0.25, -0.2) is 0 Å². The first kappa shape index (κ1) is 15.9. The van der Waals surface area contributed by atoms with Crippen LogP contribution in [0.15, 0.2) is 45.3 Å². The summed E-state index contributed by atoms with van der Waals surface area (Å²) in [5, 5.41) is 3.26. The minimum Gasteiger partial charge on any atom is -0.494 e. The number of anilines is 1. The molecule has 0 aliphatic carbocycles.